The molecule has 0 saturated carbocycles. The normalized spacial score (nSPS) is 13.9. The summed E-state index contributed by atoms with van der Waals surface area (Å²) in [6.45, 7) is 0.898. The molecule has 0 aliphatic carbocycles. The van der Waals surface area contributed by atoms with Crippen molar-refractivity contribution < 1.29 is 9.59 Å². The number of imide groups is 1. The molecule has 1 aromatic carbocycles. The summed E-state index contributed by atoms with van der Waals surface area (Å²) in [6.07, 6.45) is 4.37. The molecule has 0 saturated heterocycles. The summed E-state index contributed by atoms with van der Waals surface area (Å²) in [5.41, 5.74) is 0.474. The van der Waals surface area contributed by atoms with Crippen LogP contribution in [0, 0.1) is 0 Å². The van der Waals surface area contributed by atoms with Crippen LogP contribution in [0.5, 0.6) is 0 Å². The molecular formula is C16H18N4O2S. The number of carbonyl (C=O) groups excluding carboxylic acids is 2. The summed E-state index contributed by atoms with van der Waals surface area (Å²) in [6, 6.07) is 8.70. The standard InChI is InChI=1S/C16H18N4O2S/c21-14(17-15(22)12-7-3-1-4-8-12)11-23-16-19-18-13-9-5-2-6-10-20(13)16/h1,3-4,7-8H,2,5-6,9-11H2,(H,17,21,22). The van der Waals surface area contributed by atoms with Crippen molar-refractivity contribution in [2.45, 2.75) is 37.4 Å². The zero-order valence-corrected chi connectivity index (χ0v) is 13.5. The molecule has 2 heterocycles. The molecule has 120 valence electrons. The Morgan fingerprint density at radius 1 is 1.13 bits per heavy atom. The minimum atomic E-state index is -0.378. The van der Waals surface area contributed by atoms with E-state index in [2.05, 4.69) is 20.1 Å². The van der Waals surface area contributed by atoms with Crippen molar-refractivity contribution in [3.8, 4) is 0 Å². The fourth-order valence-electron chi connectivity index (χ4n) is 2.52. The number of aryl methyl sites for hydroxylation is 1. The molecule has 0 bridgehead atoms. The van der Waals surface area contributed by atoms with E-state index in [1.54, 1.807) is 24.3 Å². The molecular weight excluding hydrogens is 312 g/mol. The molecule has 0 atom stereocenters. The first-order valence-corrected chi connectivity index (χ1v) is 8.67. The van der Waals surface area contributed by atoms with Gasteiger partial charge in [0.2, 0.25) is 5.91 Å². The van der Waals surface area contributed by atoms with Gasteiger partial charge in [0.1, 0.15) is 5.82 Å². The predicted molar refractivity (Wildman–Crippen MR) is 87.2 cm³/mol. The molecule has 1 aliphatic rings. The maximum atomic E-state index is 11.9. The molecule has 23 heavy (non-hydrogen) atoms. The van der Waals surface area contributed by atoms with E-state index in [0.717, 1.165) is 36.8 Å². The lowest BCUT2D eigenvalue weighted by atomic mass is 10.2. The van der Waals surface area contributed by atoms with Gasteiger partial charge in [0.05, 0.1) is 5.75 Å². The van der Waals surface area contributed by atoms with Crippen LogP contribution in [0.2, 0.25) is 0 Å². The molecule has 0 radical (unpaired) electrons. The lowest BCUT2D eigenvalue weighted by Gasteiger charge is -2.06. The number of amides is 2. The van der Waals surface area contributed by atoms with E-state index in [1.807, 2.05) is 6.07 Å². The SMILES string of the molecule is O=C(CSc1nnc2n1CCCCC2)NC(=O)c1ccccc1. The molecule has 3 rings (SSSR count). The minimum absolute atomic E-state index is 0.150. The van der Waals surface area contributed by atoms with Gasteiger partial charge < -0.3 is 4.57 Å². The van der Waals surface area contributed by atoms with Crippen molar-refractivity contribution >= 4 is 23.6 Å². The molecule has 1 N–H and O–H groups in total. The first-order valence-electron chi connectivity index (χ1n) is 7.68. The molecule has 2 amide bonds. The van der Waals surface area contributed by atoms with Gasteiger partial charge in [-0.05, 0) is 25.0 Å². The van der Waals surface area contributed by atoms with Gasteiger partial charge >= 0.3 is 0 Å². The number of nitrogens with one attached hydrogen (secondary N) is 1. The van der Waals surface area contributed by atoms with E-state index >= 15 is 0 Å². The second kappa shape index (κ2) is 7.41. The Bertz CT molecular complexity index is 699. The fraction of sp³-hybridized carbons (Fsp3) is 0.375. The molecule has 1 aromatic heterocycles. The van der Waals surface area contributed by atoms with Crippen molar-refractivity contribution in [3.63, 3.8) is 0 Å². The van der Waals surface area contributed by atoms with Crippen molar-refractivity contribution in [1.82, 2.24) is 20.1 Å². The monoisotopic (exact) mass is 330 g/mol. The second-order valence-corrected chi connectivity index (χ2v) is 6.34. The highest BCUT2D eigenvalue weighted by molar-refractivity contribution is 7.99. The third kappa shape index (κ3) is 3.98. The number of thioether (sulfide) groups is 1. The van der Waals surface area contributed by atoms with Crippen LogP contribution >= 0.6 is 11.8 Å². The van der Waals surface area contributed by atoms with Gasteiger partial charge in [-0.25, -0.2) is 0 Å². The van der Waals surface area contributed by atoms with Crippen LogP contribution in [-0.4, -0.2) is 32.3 Å². The highest BCUT2D eigenvalue weighted by Crippen LogP contribution is 2.21. The molecule has 0 fully saturated rings. The van der Waals surface area contributed by atoms with Gasteiger partial charge in [-0.2, -0.15) is 0 Å². The number of benzene rings is 1. The van der Waals surface area contributed by atoms with Crippen molar-refractivity contribution in [2.24, 2.45) is 0 Å². The van der Waals surface area contributed by atoms with E-state index in [1.165, 1.54) is 18.2 Å². The van der Waals surface area contributed by atoms with Crippen LogP contribution in [-0.2, 0) is 17.8 Å². The van der Waals surface area contributed by atoms with Gasteiger partial charge in [-0.3, -0.25) is 14.9 Å². The van der Waals surface area contributed by atoms with E-state index in [0.29, 0.717) is 5.56 Å². The molecule has 2 aromatic rings. The second-order valence-electron chi connectivity index (χ2n) is 5.39. The summed E-state index contributed by atoms with van der Waals surface area (Å²) in [7, 11) is 0. The average Bonchev–Trinajstić information content (AvgIpc) is 2.80. The smallest absolute Gasteiger partial charge is 0.257 e. The topological polar surface area (TPSA) is 76.9 Å². The van der Waals surface area contributed by atoms with E-state index < -0.39 is 0 Å². The predicted octanol–water partition coefficient (Wildman–Crippen LogP) is 2.05. The Morgan fingerprint density at radius 2 is 1.96 bits per heavy atom. The highest BCUT2D eigenvalue weighted by atomic mass is 32.2. The van der Waals surface area contributed by atoms with Crippen LogP contribution in [0.1, 0.15) is 35.4 Å². The number of aromatic nitrogens is 3. The van der Waals surface area contributed by atoms with Crippen molar-refractivity contribution in [2.75, 3.05) is 5.75 Å². The van der Waals surface area contributed by atoms with E-state index in [9.17, 15) is 9.59 Å². The summed E-state index contributed by atoms with van der Waals surface area (Å²) in [5, 5.41) is 11.5. The molecule has 0 spiro atoms. The van der Waals surface area contributed by atoms with Gasteiger partial charge in [0, 0.05) is 18.5 Å². The molecule has 1 aliphatic heterocycles. The number of carbonyl (C=O) groups is 2. The van der Waals surface area contributed by atoms with Gasteiger partial charge in [-0.15, -0.1) is 10.2 Å². The van der Waals surface area contributed by atoms with Crippen LogP contribution in [0.25, 0.3) is 0 Å². The lowest BCUT2D eigenvalue weighted by Crippen LogP contribution is -2.31. The number of hydrogen-bond donors (Lipinski definition) is 1. The number of hydrogen-bond acceptors (Lipinski definition) is 5. The Kier molecular flexibility index (Phi) is 5.07. The maximum Gasteiger partial charge on any atom is 0.257 e. The van der Waals surface area contributed by atoms with Crippen LogP contribution < -0.4 is 5.32 Å². The fourth-order valence-corrected chi connectivity index (χ4v) is 3.30. The third-order valence-corrected chi connectivity index (χ3v) is 4.66. The largest absolute Gasteiger partial charge is 0.306 e. The Morgan fingerprint density at radius 3 is 2.78 bits per heavy atom. The highest BCUT2D eigenvalue weighted by Gasteiger charge is 2.17. The molecule has 7 heteroatoms. The zero-order valence-electron chi connectivity index (χ0n) is 12.7. The zero-order chi connectivity index (χ0) is 16.1. The van der Waals surface area contributed by atoms with Crippen molar-refractivity contribution in [1.29, 1.82) is 0 Å². The Balaban J connectivity index is 1.55. The number of nitrogens with zero attached hydrogens (tertiary/aromatic N) is 3. The van der Waals surface area contributed by atoms with Gasteiger partial charge in [0.25, 0.3) is 5.91 Å². The van der Waals surface area contributed by atoms with E-state index in [4.69, 9.17) is 0 Å². The Labute approximate surface area is 138 Å². The molecule has 6 nitrogen and oxygen atoms in total. The van der Waals surface area contributed by atoms with Gasteiger partial charge in [-0.1, -0.05) is 36.4 Å². The first kappa shape index (κ1) is 15.7. The third-order valence-electron chi connectivity index (χ3n) is 3.70. The summed E-state index contributed by atoms with van der Waals surface area (Å²) in [4.78, 5) is 23.9. The first-order chi connectivity index (χ1) is 11.2. The van der Waals surface area contributed by atoms with Crippen LogP contribution in [0.15, 0.2) is 35.5 Å². The van der Waals surface area contributed by atoms with Crippen molar-refractivity contribution in [3.05, 3.63) is 41.7 Å². The number of rotatable bonds is 4. The lowest BCUT2D eigenvalue weighted by molar-refractivity contribution is -0.117. The number of fused-ring (bicyclic) bond motifs is 1. The quantitative estimate of drug-likeness (QED) is 0.868. The van der Waals surface area contributed by atoms with Crippen LogP contribution in [0.3, 0.4) is 0 Å². The minimum Gasteiger partial charge on any atom is -0.306 e. The van der Waals surface area contributed by atoms with E-state index in [-0.39, 0.29) is 17.6 Å². The van der Waals surface area contributed by atoms with Crippen LogP contribution in [0.4, 0.5) is 0 Å². The van der Waals surface area contributed by atoms with Gasteiger partial charge in [0.15, 0.2) is 5.16 Å². The molecule has 0 unspecified atom stereocenters. The Hall–Kier alpha value is -2.15. The summed E-state index contributed by atoms with van der Waals surface area (Å²) < 4.78 is 2.09. The maximum absolute atomic E-state index is 11.9. The summed E-state index contributed by atoms with van der Waals surface area (Å²) in [5.74, 6) is 0.438. The summed E-state index contributed by atoms with van der Waals surface area (Å²) >= 11 is 1.32. The average molecular weight is 330 g/mol.